The number of aryl methyl sites for hydroxylation is 2. The molecular weight excluding hydrogens is 304 g/mol. The molecule has 1 aromatic heterocycles. The maximum Gasteiger partial charge on any atom is 0.0464 e. The molecule has 0 aliphatic heterocycles. The van der Waals surface area contributed by atoms with Crippen molar-refractivity contribution in [3.63, 3.8) is 0 Å². The van der Waals surface area contributed by atoms with Crippen LogP contribution < -0.4 is 0 Å². The van der Waals surface area contributed by atoms with Crippen molar-refractivity contribution in [2.24, 2.45) is 35.5 Å². The van der Waals surface area contributed by atoms with Crippen LogP contribution in [0.25, 0.3) is 0 Å². The summed E-state index contributed by atoms with van der Waals surface area (Å²) in [6.07, 6.45) is 10.3. The van der Waals surface area contributed by atoms with Gasteiger partial charge in [0.15, 0.2) is 0 Å². The van der Waals surface area contributed by atoms with Crippen molar-refractivity contribution < 1.29 is 10.2 Å². The molecule has 2 nitrogen and oxygen atoms in total. The van der Waals surface area contributed by atoms with Gasteiger partial charge in [-0.25, -0.2) is 0 Å². The number of aliphatic hydroxyl groups is 2. The van der Waals surface area contributed by atoms with E-state index >= 15 is 0 Å². The van der Waals surface area contributed by atoms with Crippen LogP contribution in [-0.2, 0) is 25.7 Å². The number of hydrogen-bond donors (Lipinski definition) is 2. The molecule has 0 bridgehead atoms. The molecule has 2 N–H and O–H groups in total. The van der Waals surface area contributed by atoms with Gasteiger partial charge in [-0.3, -0.25) is 0 Å². The van der Waals surface area contributed by atoms with E-state index in [2.05, 4.69) is 11.3 Å². The first-order valence-electron chi connectivity index (χ1n) is 9.65. The van der Waals surface area contributed by atoms with Crippen molar-refractivity contribution in [3.05, 3.63) is 20.9 Å². The second kappa shape index (κ2) is 5.57. The Morgan fingerprint density at radius 1 is 0.652 bits per heavy atom. The van der Waals surface area contributed by atoms with Crippen LogP contribution in [0.2, 0.25) is 0 Å². The lowest BCUT2D eigenvalue weighted by Gasteiger charge is -2.13. The minimum Gasteiger partial charge on any atom is -0.396 e. The molecule has 0 spiro atoms. The van der Waals surface area contributed by atoms with E-state index in [0.29, 0.717) is 25.0 Å². The van der Waals surface area contributed by atoms with Gasteiger partial charge >= 0.3 is 0 Å². The summed E-state index contributed by atoms with van der Waals surface area (Å²) in [5, 5.41) is 19.0. The van der Waals surface area contributed by atoms with Gasteiger partial charge in [0, 0.05) is 23.0 Å². The fourth-order valence-corrected chi connectivity index (χ4v) is 7.55. The Bertz CT molecular complexity index is 557. The Labute approximate surface area is 142 Å². The van der Waals surface area contributed by atoms with Gasteiger partial charge in [0.2, 0.25) is 0 Å². The van der Waals surface area contributed by atoms with E-state index in [1.54, 1.807) is 20.9 Å². The van der Waals surface area contributed by atoms with Crippen molar-refractivity contribution in [2.45, 2.75) is 51.4 Å². The average molecular weight is 333 g/mol. The van der Waals surface area contributed by atoms with Gasteiger partial charge in [0.25, 0.3) is 0 Å². The summed E-state index contributed by atoms with van der Waals surface area (Å²) in [5.74, 6) is 4.48. The molecule has 3 heteroatoms. The summed E-state index contributed by atoms with van der Waals surface area (Å²) in [5.41, 5.74) is 3.43. The van der Waals surface area contributed by atoms with Crippen LogP contribution in [0.4, 0.5) is 0 Å². The zero-order valence-electron chi connectivity index (χ0n) is 13.8. The number of hydrogen-bond acceptors (Lipinski definition) is 3. The summed E-state index contributed by atoms with van der Waals surface area (Å²) in [6.45, 7) is 0.819. The Morgan fingerprint density at radius 2 is 1.04 bits per heavy atom. The van der Waals surface area contributed by atoms with Crippen LogP contribution in [0.5, 0.6) is 0 Å². The van der Waals surface area contributed by atoms with Crippen molar-refractivity contribution in [1.82, 2.24) is 0 Å². The molecule has 0 saturated heterocycles. The third-order valence-electron chi connectivity index (χ3n) is 7.59. The topological polar surface area (TPSA) is 40.5 Å². The molecule has 4 aliphatic rings. The SMILES string of the molecule is OC[C@@H]1[C@H]2CCc3sc4c(c3CC[C@@H]12)CC[C@H]1[C@H](CO)[C@H]1CC4. The van der Waals surface area contributed by atoms with E-state index in [0.717, 1.165) is 23.7 Å². The zero-order chi connectivity index (χ0) is 15.6. The summed E-state index contributed by atoms with van der Waals surface area (Å²) in [7, 11) is 0. The highest BCUT2D eigenvalue weighted by Gasteiger charge is 2.50. The lowest BCUT2D eigenvalue weighted by atomic mass is 9.91. The third kappa shape index (κ3) is 2.34. The fourth-order valence-electron chi connectivity index (χ4n) is 6.11. The van der Waals surface area contributed by atoms with Gasteiger partial charge < -0.3 is 10.2 Å². The van der Waals surface area contributed by atoms with Crippen LogP contribution in [0.15, 0.2) is 0 Å². The lowest BCUT2D eigenvalue weighted by Crippen LogP contribution is -2.04. The van der Waals surface area contributed by atoms with Gasteiger partial charge in [-0.1, -0.05) is 0 Å². The van der Waals surface area contributed by atoms with Crippen LogP contribution in [0, 0.1) is 35.5 Å². The van der Waals surface area contributed by atoms with Gasteiger partial charge in [0.05, 0.1) is 0 Å². The van der Waals surface area contributed by atoms with E-state index < -0.39 is 0 Å². The Hall–Kier alpha value is -0.380. The Balaban J connectivity index is 1.38. The lowest BCUT2D eigenvalue weighted by molar-refractivity contribution is 0.261. The molecule has 6 atom stereocenters. The molecular formula is C20H28O2S. The molecule has 2 saturated carbocycles. The highest BCUT2D eigenvalue weighted by molar-refractivity contribution is 7.12. The molecule has 1 aromatic rings. The molecule has 2 fully saturated rings. The summed E-state index contributed by atoms with van der Waals surface area (Å²) in [4.78, 5) is 3.37. The number of rotatable bonds is 2. The highest BCUT2D eigenvalue weighted by Crippen LogP contribution is 2.56. The van der Waals surface area contributed by atoms with Gasteiger partial charge in [0.1, 0.15) is 0 Å². The van der Waals surface area contributed by atoms with Crippen LogP contribution in [-0.4, -0.2) is 23.4 Å². The van der Waals surface area contributed by atoms with E-state index in [-0.39, 0.29) is 0 Å². The van der Waals surface area contributed by atoms with Gasteiger partial charge in [-0.2, -0.15) is 0 Å². The Kier molecular flexibility index (Phi) is 3.61. The predicted molar refractivity (Wildman–Crippen MR) is 92.7 cm³/mol. The molecule has 4 aliphatic carbocycles. The minimum absolute atomic E-state index is 0.409. The van der Waals surface area contributed by atoms with Gasteiger partial charge in [-0.05, 0) is 98.0 Å². The number of fused-ring (bicyclic) bond motifs is 5. The summed E-state index contributed by atoms with van der Waals surface area (Å²) < 4.78 is 0. The van der Waals surface area contributed by atoms with Gasteiger partial charge in [-0.15, -0.1) is 11.3 Å². The number of thiophene rings is 1. The summed E-state index contributed by atoms with van der Waals surface area (Å²) >= 11 is 2.12. The molecule has 0 aromatic carbocycles. The fraction of sp³-hybridized carbons (Fsp3) is 0.800. The largest absolute Gasteiger partial charge is 0.396 e. The molecule has 1 heterocycles. The minimum atomic E-state index is 0.409. The van der Waals surface area contributed by atoms with Crippen LogP contribution in [0.1, 0.15) is 46.6 Å². The highest BCUT2D eigenvalue weighted by atomic mass is 32.1. The maximum atomic E-state index is 9.51. The van der Waals surface area contributed by atoms with E-state index in [4.69, 9.17) is 0 Å². The van der Waals surface area contributed by atoms with Crippen LogP contribution >= 0.6 is 11.3 Å². The first kappa shape index (κ1) is 14.9. The standard InChI is InChI=1S/C20H28O2S/c21-9-17-11-1-3-15-16-4-2-12-14(18(12)10-22)6-8-20(16)23-19(15)7-5-13(11)17/h11-14,17-18,21-22H,1-10H2/t11-,12-,13+,14+,17+,18+/m1/s1. The molecule has 5 rings (SSSR count). The second-order valence-electron chi connectivity index (χ2n) is 8.41. The molecule has 0 unspecified atom stereocenters. The predicted octanol–water partition coefficient (Wildman–Crippen LogP) is 3.21. The third-order valence-corrected chi connectivity index (χ3v) is 8.98. The van der Waals surface area contributed by atoms with Crippen LogP contribution in [0.3, 0.4) is 0 Å². The average Bonchev–Trinajstić information content (AvgIpc) is 3.37. The van der Waals surface area contributed by atoms with E-state index in [1.165, 1.54) is 51.4 Å². The van der Waals surface area contributed by atoms with E-state index in [9.17, 15) is 10.2 Å². The normalized spacial score (nSPS) is 41.3. The van der Waals surface area contributed by atoms with Crippen molar-refractivity contribution in [3.8, 4) is 0 Å². The first-order valence-corrected chi connectivity index (χ1v) is 10.5. The number of aliphatic hydroxyl groups excluding tert-OH is 2. The molecule has 23 heavy (non-hydrogen) atoms. The molecule has 0 amide bonds. The second-order valence-corrected chi connectivity index (χ2v) is 9.60. The smallest absolute Gasteiger partial charge is 0.0464 e. The zero-order valence-corrected chi connectivity index (χ0v) is 14.7. The maximum absolute atomic E-state index is 9.51. The Morgan fingerprint density at radius 3 is 1.43 bits per heavy atom. The molecule has 0 radical (unpaired) electrons. The van der Waals surface area contributed by atoms with Crippen molar-refractivity contribution >= 4 is 11.3 Å². The van der Waals surface area contributed by atoms with Crippen molar-refractivity contribution in [1.29, 1.82) is 0 Å². The van der Waals surface area contributed by atoms with E-state index in [1.807, 2.05) is 0 Å². The molecule has 126 valence electrons. The summed E-state index contributed by atoms with van der Waals surface area (Å²) in [6, 6.07) is 0. The van der Waals surface area contributed by atoms with Crippen molar-refractivity contribution in [2.75, 3.05) is 13.2 Å². The monoisotopic (exact) mass is 332 g/mol. The quantitative estimate of drug-likeness (QED) is 0.873. The first-order chi connectivity index (χ1) is 11.3.